The van der Waals surface area contributed by atoms with Crippen molar-refractivity contribution in [3.05, 3.63) is 0 Å². The molecule has 1 unspecified atom stereocenters. The van der Waals surface area contributed by atoms with Gasteiger partial charge in [-0.3, -0.25) is 10.1 Å². The smallest absolute Gasteiger partial charge is 0.240 e. The minimum atomic E-state index is -3.00. The lowest BCUT2D eigenvalue weighted by Crippen LogP contribution is -2.34. The molecule has 0 saturated carbocycles. The van der Waals surface area contributed by atoms with E-state index in [-0.39, 0.29) is 17.7 Å². The van der Waals surface area contributed by atoms with Crippen molar-refractivity contribution in [1.82, 2.24) is 10.2 Å². The van der Waals surface area contributed by atoms with Crippen molar-refractivity contribution in [2.45, 2.75) is 26.3 Å². The Bertz CT molecular complexity index is 351. The lowest BCUT2D eigenvalue weighted by molar-refractivity contribution is -0.128. The highest BCUT2D eigenvalue weighted by molar-refractivity contribution is 7.90. The zero-order valence-corrected chi connectivity index (χ0v) is 10.9. The molecule has 94 valence electrons. The van der Waals surface area contributed by atoms with Crippen molar-refractivity contribution in [3.8, 4) is 0 Å². The van der Waals surface area contributed by atoms with Gasteiger partial charge >= 0.3 is 0 Å². The SMILES string of the molecule is CC(C)CC1NCN(CCS(C)(=O)=O)C1=O. The van der Waals surface area contributed by atoms with E-state index in [2.05, 4.69) is 19.2 Å². The van der Waals surface area contributed by atoms with Crippen molar-refractivity contribution >= 4 is 15.7 Å². The van der Waals surface area contributed by atoms with Gasteiger partial charge in [0, 0.05) is 12.8 Å². The molecule has 0 radical (unpaired) electrons. The molecule has 5 nitrogen and oxygen atoms in total. The highest BCUT2D eigenvalue weighted by Gasteiger charge is 2.31. The summed E-state index contributed by atoms with van der Waals surface area (Å²) in [5.74, 6) is 0.517. The van der Waals surface area contributed by atoms with Gasteiger partial charge in [-0.1, -0.05) is 13.8 Å². The molecule has 1 atom stereocenters. The first-order chi connectivity index (χ1) is 7.29. The van der Waals surface area contributed by atoms with Gasteiger partial charge in [0.05, 0.1) is 18.5 Å². The lowest BCUT2D eigenvalue weighted by atomic mass is 10.0. The van der Waals surface area contributed by atoms with Crippen LogP contribution in [0.1, 0.15) is 20.3 Å². The van der Waals surface area contributed by atoms with E-state index in [0.717, 1.165) is 6.42 Å². The predicted molar refractivity (Wildman–Crippen MR) is 62.7 cm³/mol. The van der Waals surface area contributed by atoms with E-state index in [0.29, 0.717) is 19.1 Å². The summed E-state index contributed by atoms with van der Waals surface area (Å²) in [4.78, 5) is 13.4. The maximum atomic E-state index is 11.8. The molecule has 1 aliphatic heterocycles. The van der Waals surface area contributed by atoms with Crippen LogP contribution in [0, 0.1) is 5.92 Å². The van der Waals surface area contributed by atoms with Gasteiger partial charge in [0.1, 0.15) is 9.84 Å². The van der Waals surface area contributed by atoms with Crippen LogP contribution in [0.15, 0.2) is 0 Å². The number of carbonyl (C=O) groups excluding carboxylic acids is 1. The van der Waals surface area contributed by atoms with Crippen LogP contribution in [-0.2, 0) is 14.6 Å². The maximum absolute atomic E-state index is 11.8. The Kier molecular flexibility index (Phi) is 4.32. The number of nitrogens with one attached hydrogen (secondary N) is 1. The van der Waals surface area contributed by atoms with E-state index >= 15 is 0 Å². The molecule has 1 aliphatic rings. The molecular weight excluding hydrogens is 228 g/mol. The molecule has 0 bridgehead atoms. The molecule has 1 N–H and O–H groups in total. The van der Waals surface area contributed by atoms with E-state index in [4.69, 9.17) is 0 Å². The first-order valence-electron chi connectivity index (χ1n) is 5.49. The second-order valence-corrected chi connectivity index (χ2v) is 7.04. The van der Waals surface area contributed by atoms with Gasteiger partial charge < -0.3 is 4.90 Å². The molecule has 0 aromatic carbocycles. The highest BCUT2D eigenvalue weighted by atomic mass is 32.2. The molecule has 1 amide bonds. The van der Waals surface area contributed by atoms with Gasteiger partial charge in [0.2, 0.25) is 5.91 Å². The second kappa shape index (κ2) is 5.14. The van der Waals surface area contributed by atoms with Gasteiger partial charge in [-0.05, 0) is 12.3 Å². The summed E-state index contributed by atoms with van der Waals surface area (Å²) in [5, 5.41) is 3.11. The molecule has 1 fully saturated rings. The quantitative estimate of drug-likeness (QED) is 0.734. The minimum absolute atomic E-state index is 0.0253. The van der Waals surface area contributed by atoms with Crippen molar-refractivity contribution in [1.29, 1.82) is 0 Å². The summed E-state index contributed by atoms with van der Waals surface area (Å²) >= 11 is 0. The Labute approximate surface area is 97.1 Å². The minimum Gasteiger partial charge on any atom is -0.328 e. The van der Waals surface area contributed by atoms with Crippen molar-refractivity contribution in [2.75, 3.05) is 25.2 Å². The molecule has 1 saturated heterocycles. The fourth-order valence-electron chi connectivity index (χ4n) is 1.73. The van der Waals surface area contributed by atoms with Crippen LogP contribution in [0.5, 0.6) is 0 Å². The Hall–Kier alpha value is -0.620. The second-order valence-electron chi connectivity index (χ2n) is 4.78. The standard InChI is InChI=1S/C10H20N2O3S/c1-8(2)6-9-10(13)12(7-11-9)4-5-16(3,14)15/h8-9,11H,4-7H2,1-3H3. The number of hydrogen-bond acceptors (Lipinski definition) is 4. The zero-order valence-electron chi connectivity index (χ0n) is 10.1. The first kappa shape index (κ1) is 13.4. The van der Waals surface area contributed by atoms with Crippen LogP contribution in [0.25, 0.3) is 0 Å². The number of sulfone groups is 1. The summed E-state index contributed by atoms with van der Waals surface area (Å²) in [7, 11) is -3.00. The van der Waals surface area contributed by atoms with Crippen LogP contribution < -0.4 is 5.32 Å². The van der Waals surface area contributed by atoms with E-state index < -0.39 is 9.84 Å². The van der Waals surface area contributed by atoms with Gasteiger partial charge in [-0.15, -0.1) is 0 Å². The highest BCUT2D eigenvalue weighted by Crippen LogP contribution is 2.12. The topological polar surface area (TPSA) is 66.5 Å². The monoisotopic (exact) mass is 248 g/mol. The third-order valence-corrected chi connectivity index (χ3v) is 3.50. The third kappa shape index (κ3) is 4.09. The molecule has 0 spiro atoms. The number of hydrogen-bond donors (Lipinski definition) is 1. The third-order valence-electron chi connectivity index (χ3n) is 2.58. The molecule has 6 heteroatoms. The summed E-state index contributed by atoms with van der Waals surface area (Å²) in [6.07, 6.45) is 1.99. The van der Waals surface area contributed by atoms with Crippen LogP contribution in [0.4, 0.5) is 0 Å². The van der Waals surface area contributed by atoms with Crippen molar-refractivity contribution in [2.24, 2.45) is 5.92 Å². The van der Waals surface area contributed by atoms with Crippen LogP contribution in [0.3, 0.4) is 0 Å². The van der Waals surface area contributed by atoms with Gasteiger partial charge in [-0.25, -0.2) is 8.42 Å². The molecule has 1 heterocycles. The van der Waals surface area contributed by atoms with E-state index in [9.17, 15) is 13.2 Å². The first-order valence-corrected chi connectivity index (χ1v) is 7.55. The molecule has 0 aromatic heterocycles. The number of rotatable bonds is 5. The maximum Gasteiger partial charge on any atom is 0.240 e. The average Bonchev–Trinajstić information content (AvgIpc) is 2.43. The zero-order chi connectivity index (χ0) is 12.3. The van der Waals surface area contributed by atoms with Crippen molar-refractivity contribution in [3.63, 3.8) is 0 Å². The summed E-state index contributed by atoms with van der Waals surface area (Å²) in [6, 6.07) is -0.139. The number of carbonyl (C=O) groups is 1. The normalized spacial score (nSPS) is 22.1. The number of nitrogens with zero attached hydrogens (tertiary/aromatic N) is 1. The summed E-state index contributed by atoms with van der Waals surface area (Å²) in [6.45, 7) is 4.88. The molecule has 0 aliphatic carbocycles. The Morgan fingerprint density at radius 3 is 2.62 bits per heavy atom. The largest absolute Gasteiger partial charge is 0.328 e. The summed E-state index contributed by atoms with van der Waals surface area (Å²) < 4.78 is 22.0. The molecular formula is C10H20N2O3S. The van der Waals surface area contributed by atoms with Crippen LogP contribution in [0.2, 0.25) is 0 Å². The van der Waals surface area contributed by atoms with E-state index in [1.165, 1.54) is 6.26 Å². The fourth-order valence-corrected chi connectivity index (χ4v) is 2.28. The number of amides is 1. The van der Waals surface area contributed by atoms with Crippen LogP contribution >= 0.6 is 0 Å². The van der Waals surface area contributed by atoms with Crippen LogP contribution in [-0.4, -0.2) is 50.5 Å². The summed E-state index contributed by atoms with van der Waals surface area (Å²) in [5.41, 5.74) is 0. The van der Waals surface area contributed by atoms with Crippen molar-refractivity contribution < 1.29 is 13.2 Å². The Morgan fingerprint density at radius 2 is 2.12 bits per heavy atom. The van der Waals surface area contributed by atoms with E-state index in [1.54, 1.807) is 4.90 Å². The molecule has 16 heavy (non-hydrogen) atoms. The Balaban J connectivity index is 2.45. The van der Waals surface area contributed by atoms with Gasteiger partial charge in [-0.2, -0.15) is 0 Å². The lowest BCUT2D eigenvalue weighted by Gasteiger charge is -2.15. The molecule has 1 rings (SSSR count). The fraction of sp³-hybridized carbons (Fsp3) is 0.900. The van der Waals surface area contributed by atoms with Gasteiger partial charge in [0.25, 0.3) is 0 Å². The average molecular weight is 248 g/mol. The molecule has 0 aromatic rings. The Morgan fingerprint density at radius 1 is 1.50 bits per heavy atom. The van der Waals surface area contributed by atoms with E-state index in [1.807, 2.05) is 0 Å². The van der Waals surface area contributed by atoms with Gasteiger partial charge in [0.15, 0.2) is 0 Å². The predicted octanol–water partition coefficient (Wildman–Crippen LogP) is -0.165.